The van der Waals surface area contributed by atoms with E-state index in [0.717, 1.165) is 44.9 Å². The van der Waals surface area contributed by atoms with E-state index in [9.17, 15) is 17.6 Å². The largest absolute Gasteiger partial charge is 0.238 e. The van der Waals surface area contributed by atoms with Gasteiger partial charge in [0, 0.05) is 0 Å². The fourth-order valence-corrected chi connectivity index (χ4v) is 5.05. The Kier molecular flexibility index (Phi) is 10.3. The van der Waals surface area contributed by atoms with Gasteiger partial charge in [-0.25, -0.2) is 22.4 Å². The zero-order chi connectivity index (χ0) is 29.2. The maximum Gasteiger partial charge on any atom is 0.187 e. The molecule has 0 radical (unpaired) electrons. The molecule has 0 aliphatic carbocycles. The Balaban J connectivity index is 1.15. The molecule has 0 aliphatic rings. The summed E-state index contributed by atoms with van der Waals surface area (Å²) in [5, 5.41) is 8.90. The first-order chi connectivity index (χ1) is 19.9. The fraction of sp³-hybridized carbons (Fsp3) is 0.257. The second-order valence-corrected chi connectivity index (χ2v) is 10.2. The topological polar surface area (TPSA) is 28.1 Å². The summed E-state index contributed by atoms with van der Waals surface area (Å²) in [5.41, 5.74) is 2.78. The first-order valence-electron chi connectivity index (χ1n) is 13.8. The lowest BCUT2D eigenvalue weighted by Gasteiger charge is -2.09. The highest BCUT2D eigenvalue weighted by Gasteiger charge is 2.15. The third-order valence-corrected chi connectivity index (χ3v) is 7.22. The number of hydrogen-bond acceptors (Lipinski definition) is 1. The Morgan fingerprint density at radius 2 is 0.927 bits per heavy atom. The van der Waals surface area contributed by atoms with Gasteiger partial charge in [-0.1, -0.05) is 68.5 Å². The van der Waals surface area contributed by atoms with Crippen LogP contribution < -0.4 is 0 Å². The summed E-state index contributed by atoms with van der Waals surface area (Å²) in [4.78, 5) is 3.30. The van der Waals surface area contributed by atoms with Crippen molar-refractivity contribution < 1.29 is 17.6 Å². The van der Waals surface area contributed by atoms with E-state index < -0.39 is 23.3 Å². The molecule has 0 aromatic heterocycles. The van der Waals surface area contributed by atoms with Crippen LogP contribution in [0.25, 0.3) is 27.1 Å². The molecule has 4 aromatic carbocycles. The van der Waals surface area contributed by atoms with Gasteiger partial charge in [0.1, 0.15) is 23.3 Å². The average molecular weight is 555 g/mol. The number of benzene rings is 4. The zero-order valence-corrected chi connectivity index (χ0v) is 22.7. The Morgan fingerprint density at radius 3 is 1.29 bits per heavy atom. The predicted molar refractivity (Wildman–Crippen MR) is 154 cm³/mol. The van der Waals surface area contributed by atoms with E-state index in [4.69, 9.17) is 11.8 Å². The van der Waals surface area contributed by atoms with Gasteiger partial charge in [0.2, 0.25) is 0 Å². The van der Waals surface area contributed by atoms with Crippen LogP contribution >= 0.6 is 0 Å². The van der Waals surface area contributed by atoms with Gasteiger partial charge in [-0.15, -0.1) is 0 Å². The first kappa shape index (κ1) is 29.6. The third-order valence-electron chi connectivity index (χ3n) is 7.22. The minimum Gasteiger partial charge on any atom is -0.238 e. The maximum absolute atomic E-state index is 14.7. The molecule has 0 saturated carbocycles. The summed E-state index contributed by atoms with van der Waals surface area (Å²) in [6.45, 7) is 7.00. The SMILES string of the molecule is [C-]#[N+]c1ccc(-c2c(F)cc(CCCCCCCCCc3cc(F)c(-c4ccc(C#N)cc4)c(F)c3)cc2F)cc1. The lowest BCUT2D eigenvalue weighted by atomic mass is 9.98. The highest BCUT2D eigenvalue weighted by molar-refractivity contribution is 5.68. The van der Waals surface area contributed by atoms with Crippen molar-refractivity contribution in [1.82, 2.24) is 0 Å². The molecule has 0 unspecified atom stereocenters. The molecule has 0 heterocycles. The lowest BCUT2D eigenvalue weighted by molar-refractivity contribution is 0.567. The van der Waals surface area contributed by atoms with E-state index in [-0.39, 0.29) is 11.1 Å². The molecule has 0 fully saturated rings. The highest BCUT2D eigenvalue weighted by Crippen LogP contribution is 2.30. The molecule has 41 heavy (non-hydrogen) atoms. The van der Waals surface area contributed by atoms with Crippen LogP contribution in [-0.4, -0.2) is 0 Å². The van der Waals surface area contributed by atoms with Crippen LogP contribution in [0.2, 0.25) is 0 Å². The highest BCUT2D eigenvalue weighted by atomic mass is 19.1. The number of hydrogen-bond donors (Lipinski definition) is 0. The van der Waals surface area contributed by atoms with Crippen molar-refractivity contribution in [3.63, 3.8) is 0 Å². The minimum absolute atomic E-state index is 0.0713. The van der Waals surface area contributed by atoms with E-state index in [1.807, 2.05) is 6.07 Å². The van der Waals surface area contributed by atoms with Gasteiger partial charge in [0.15, 0.2) is 5.69 Å². The smallest absolute Gasteiger partial charge is 0.187 e. The van der Waals surface area contributed by atoms with E-state index in [1.165, 1.54) is 24.3 Å². The van der Waals surface area contributed by atoms with Crippen LogP contribution in [0.15, 0.2) is 72.8 Å². The summed E-state index contributed by atoms with van der Waals surface area (Å²) in [7, 11) is 0. The van der Waals surface area contributed by atoms with Crippen molar-refractivity contribution in [3.05, 3.63) is 124 Å². The van der Waals surface area contributed by atoms with Gasteiger partial charge in [-0.2, -0.15) is 5.26 Å². The molecule has 2 nitrogen and oxygen atoms in total. The van der Waals surface area contributed by atoms with E-state index in [2.05, 4.69) is 4.85 Å². The molecule has 4 rings (SSSR count). The molecular weight excluding hydrogens is 524 g/mol. The second kappa shape index (κ2) is 14.3. The van der Waals surface area contributed by atoms with Crippen molar-refractivity contribution >= 4 is 5.69 Å². The van der Waals surface area contributed by atoms with Gasteiger partial charge in [0.25, 0.3) is 0 Å². The van der Waals surface area contributed by atoms with Crippen LogP contribution in [0.4, 0.5) is 23.2 Å². The van der Waals surface area contributed by atoms with Gasteiger partial charge < -0.3 is 0 Å². The molecule has 0 aliphatic heterocycles. The molecular formula is C35H30F4N2. The summed E-state index contributed by atoms with van der Waals surface area (Å²) < 4.78 is 58.7. The van der Waals surface area contributed by atoms with Gasteiger partial charge in [0.05, 0.1) is 29.3 Å². The standard InChI is InChI=1S/C35H30F4N2/c1-41-29-17-15-28(16-18-29)35-32(38)21-26(22-33(35)39)10-8-6-4-2-3-5-7-9-25-19-30(36)34(31(37)20-25)27-13-11-24(23-40)12-14-27/h11-22H,2-10H2. The maximum atomic E-state index is 14.7. The Hall–Kier alpha value is -4.42. The fourth-order valence-electron chi connectivity index (χ4n) is 5.05. The number of nitrogens with zero attached hydrogens (tertiary/aromatic N) is 2. The van der Waals surface area contributed by atoms with Crippen LogP contribution in [-0.2, 0) is 12.8 Å². The second-order valence-electron chi connectivity index (χ2n) is 10.2. The number of aryl methyl sites for hydroxylation is 2. The van der Waals surface area contributed by atoms with Crippen LogP contribution in [0.3, 0.4) is 0 Å². The monoisotopic (exact) mass is 554 g/mol. The molecule has 0 saturated heterocycles. The summed E-state index contributed by atoms with van der Waals surface area (Å²) in [6, 6.07) is 19.9. The van der Waals surface area contributed by atoms with E-state index in [1.54, 1.807) is 48.5 Å². The predicted octanol–water partition coefficient (Wildman–Crippen LogP) is 10.5. The summed E-state index contributed by atoms with van der Waals surface area (Å²) in [5.74, 6) is -2.40. The molecule has 0 N–H and O–H groups in total. The third kappa shape index (κ3) is 7.83. The molecule has 208 valence electrons. The number of nitriles is 1. The molecule has 0 bridgehead atoms. The van der Waals surface area contributed by atoms with Crippen LogP contribution in [0, 0.1) is 41.2 Å². The van der Waals surface area contributed by atoms with E-state index >= 15 is 0 Å². The quantitative estimate of drug-likeness (QED) is 0.0973. The Bertz CT molecular complexity index is 1400. The van der Waals surface area contributed by atoms with Crippen molar-refractivity contribution in [2.24, 2.45) is 0 Å². The molecule has 0 spiro atoms. The lowest BCUT2D eigenvalue weighted by Crippen LogP contribution is -1.96. The Morgan fingerprint density at radius 1 is 0.561 bits per heavy atom. The molecule has 6 heteroatoms. The molecule has 4 aromatic rings. The minimum atomic E-state index is -0.602. The van der Waals surface area contributed by atoms with Gasteiger partial charge >= 0.3 is 0 Å². The van der Waals surface area contributed by atoms with Crippen molar-refractivity contribution in [1.29, 1.82) is 5.26 Å². The molecule has 0 atom stereocenters. The summed E-state index contributed by atoms with van der Waals surface area (Å²) >= 11 is 0. The first-order valence-corrected chi connectivity index (χ1v) is 13.8. The van der Waals surface area contributed by atoms with Gasteiger partial charge in [-0.3, -0.25) is 0 Å². The average Bonchev–Trinajstić information content (AvgIpc) is 2.96. The molecule has 0 amide bonds. The normalized spacial score (nSPS) is 10.8. The van der Waals surface area contributed by atoms with Crippen molar-refractivity contribution in [3.8, 4) is 28.3 Å². The van der Waals surface area contributed by atoms with Crippen molar-refractivity contribution in [2.75, 3.05) is 0 Å². The summed E-state index contributed by atoms with van der Waals surface area (Å²) in [6.07, 6.45) is 7.83. The van der Waals surface area contributed by atoms with Gasteiger partial charge in [-0.05, 0) is 84.3 Å². The van der Waals surface area contributed by atoms with Crippen LogP contribution in [0.1, 0.15) is 61.6 Å². The number of rotatable bonds is 12. The number of halogens is 4. The Labute approximate surface area is 238 Å². The van der Waals surface area contributed by atoms with E-state index in [0.29, 0.717) is 46.3 Å². The van der Waals surface area contributed by atoms with Crippen LogP contribution in [0.5, 0.6) is 0 Å². The number of unbranched alkanes of at least 4 members (excludes halogenated alkanes) is 6. The van der Waals surface area contributed by atoms with Crippen molar-refractivity contribution in [2.45, 2.75) is 57.8 Å². The zero-order valence-electron chi connectivity index (χ0n) is 22.7.